The number of fused-ring (bicyclic) bond motifs is 1. The van der Waals surface area contributed by atoms with E-state index in [1.54, 1.807) is 12.5 Å². The third-order valence-electron chi connectivity index (χ3n) is 3.15. The molecule has 0 amide bonds. The van der Waals surface area contributed by atoms with Crippen molar-refractivity contribution in [2.24, 2.45) is 0 Å². The molecule has 3 heteroatoms. The molecule has 0 fully saturated rings. The first kappa shape index (κ1) is 11.8. The Bertz CT molecular complexity index is 661. The van der Waals surface area contributed by atoms with Gasteiger partial charge in [0.25, 0.3) is 0 Å². The molecule has 0 radical (unpaired) electrons. The van der Waals surface area contributed by atoms with E-state index >= 15 is 0 Å². The molecule has 1 atom stereocenters. The predicted molar refractivity (Wildman–Crippen MR) is 77.2 cm³/mol. The molecule has 0 saturated heterocycles. The Labute approximate surface area is 112 Å². The monoisotopic (exact) mass is 252 g/mol. The minimum Gasteiger partial charge on any atom is -0.464 e. The van der Waals surface area contributed by atoms with Crippen LogP contribution in [-0.2, 0) is 6.42 Å². The molecule has 0 aliphatic heterocycles. The molecule has 0 bridgehead atoms. The smallest absolute Gasteiger partial charge is 0.139 e. The van der Waals surface area contributed by atoms with Crippen molar-refractivity contribution in [3.05, 3.63) is 60.5 Å². The van der Waals surface area contributed by atoms with E-state index in [2.05, 4.69) is 41.5 Å². The highest BCUT2D eigenvalue weighted by Gasteiger charge is 2.08. The molecule has 0 aliphatic carbocycles. The van der Waals surface area contributed by atoms with Crippen LogP contribution in [0.5, 0.6) is 0 Å². The normalized spacial score (nSPS) is 12.5. The zero-order chi connectivity index (χ0) is 13.1. The molecular weight excluding hydrogens is 236 g/mol. The number of hydrogen-bond acceptors (Lipinski definition) is 3. The molecule has 0 aliphatic rings. The number of aromatic nitrogens is 1. The van der Waals surface area contributed by atoms with Crippen LogP contribution in [0, 0.1) is 0 Å². The fraction of sp³-hybridized carbons (Fsp3) is 0.188. The molecule has 19 heavy (non-hydrogen) atoms. The molecule has 2 heterocycles. The molecule has 0 spiro atoms. The van der Waals surface area contributed by atoms with Gasteiger partial charge in [-0.3, -0.25) is 0 Å². The molecule has 1 aromatic carbocycles. The van der Waals surface area contributed by atoms with E-state index < -0.39 is 0 Å². The molecule has 1 unspecified atom stereocenters. The van der Waals surface area contributed by atoms with Gasteiger partial charge < -0.3 is 9.73 Å². The lowest BCUT2D eigenvalue weighted by molar-refractivity contribution is 0.615. The standard InChI is InChI=1S/C16H16N2O/c1-12(11-13-5-3-2-4-6-13)18-16-14-8-10-19-15(14)7-9-17-16/h2-10,12H,11H2,1H3,(H,17,18). The van der Waals surface area contributed by atoms with Gasteiger partial charge in [0.15, 0.2) is 0 Å². The SMILES string of the molecule is CC(Cc1ccccc1)Nc1nccc2occc12. The van der Waals surface area contributed by atoms with E-state index in [0.717, 1.165) is 23.2 Å². The van der Waals surface area contributed by atoms with Crippen molar-refractivity contribution in [1.82, 2.24) is 4.98 Å². The summed E-state index contributed by atoms with van der Waals surface area (Å²) in [6, 6.07) is 14.6. The highest BCUT2D eigenvalue weighted by Crippen LogP contribution is 2.22. The lowest BCUT2D eigenvalue weighted by Crippen LogP contribution is -2.18. The summed E-state index contributed by atoms with van der Waals surface area (Å²) in [5.74, 6) is 0.884. The Balaban J connectivity index is 1.76. The van der Waals surface area contributed by atoms with Crippen LogP contribution in [0.25, 0.3) is 11.0 Å². The van der Waals surface area contributed by atoms with E-state index in [9.17, 15) is 0 Å². The first-order valence-corrected chi connectivity index (χ1v) is 6.45. The second-order valence-electron chi connectivity index (χ2n) is 4.73. The molecule has 3 nitrogen and oxygen atoms in total. The summed E-state index contributed by atoms with van der Waals surface area (Å²) in [6.07, 6.45) is 4.43. The highest BCUT2D eigenvalue weighted by molar-refractivity contribution is 5.87. The van der Waals surface area contributed by atoms with Gasteiger partial charge in [0.2, 0.25) is 0 Å². The maximum absolute atomic E-state index is 5.38. The zero-order valence-corrected chi connectivity index (χ0v) is 10.8. The van der Waals surface area contributed by atoms with Crippen molar-refractivity contribution in [2.75, 3.05) is 5.32 Å². The molecule has 3 rings (SSSR count). The molecular formula is C16H16N2O. The Morgan fingerprint density at radius 3 is 2.84 bits per heavy atom. The quantitative estimate of drug-likeness (QED) is 0.766. The third kappa shape index (κ3) is 2.60. The lowest BCUT2D eigenvalue weighted by atomic mass is 10.1. The average molecular weight is 252 g/mol. The van der Waals surface area contributed by atoms with Gasteiger partial charge in [-0.2, -0.15) is 0 Å². The number of hydrogen-bond donors (Lipinski definition) is 1. The first-order valence-electron chi connectivity index (χ1n) is 6.45. The zero-order valence-electron chi connectivity index (χ0n) is 10.8. The van der Waals surface area contributed by atoms with Gasteiger partial charge in [0, 0.05) is 12.2 Å². The van der Waals surface area contributed by atoms with E-state index in [4.69, 9.17) is 4.42 Å². The molecule has 96 valence electrons. The minimum atomic E-state index is 0.315. The van der Waals surface area contributed by atoms with E-state index in [-0.39, 0.29) is 0 Å². The van der Waals surface area contributed by atoms with E-state index in [1.165, 1.54) is 5.56 Å². The van der Waals surface area contributed by atoms with Crippen LogP contribution in [0.15, 0.2) is 59.3 Å². The number of furan rings is 1. The van der Waals surface area contributed by atoms with Crippen LogP contribution in [0.2, 0.25) is 0 Å². The van der Waals surface area contributed by atoms with Gasteiger partial charge in [-0.1, -0.05) is 30.3 Å². The summed E-state index contributed by atoms with van der Waals surface area (Å²) in [7, 11) is 0. The van der Waals surface area contributed by atoms with Crippen LogP contribution in [0.1, 0.15) is 12.5 Å². The Morgan fingerprint density at radius 2 is 2.00 bits per heavy atom. The van der Waals surface area contributed by atoms with Gasteiger partial charge in [0.1, 0.15) is 11.4 Å². The number of pyridine rings is 1. The van der Waals surface area contributed by atoms with Crippen LogP contribution < -0.4 is 5.32 Å². The van der Waals surface area contributed by atoms with Crippen LogP contribution in [-0.4, -0.2) is 11.0 Å². The molecule has 2 aromatic heterocycles. The second kappa shape index (κ2) is 5.14. The molecule has 0 saturated carbocycles. The summed E-state index contributed by atoms with van der Waals surface area (Å²) in [4.78, 5) is 4.39. The van der Waals surface area contributed by atoms with Gasteiger partial charge in [-0.25, -0.2) is 4.98 Å². The summed E-state index contributed by atoms with van der Waals surface area (Å²) >= 11 is 0. The maximum atomic E-state index is 5.38. The summed E-state index contributed by atoms with van der Waals surface area (Å²) < 4.78 is 5.38. The van der Waals surface area contributed by atoms with E-state index in [1.807, 2.05) is 18.2 Å². The van der Waals surface area contributed by atoms with Crippen molar-refractivity contribution >= 4 is 16.8 Å². The number of anilines is 1. The van der Waals surface area contributed by atoms with Gasteiger partial charge in [-0.15, -0.1) is 0 Å². The van der Waals surface area contributed by atoms with Crippen molar-refractivity contribution in [2.45, 2.75) is 19.4 Å². The summed E-state index contributed by atoms with van der Waals surface area (Å²) in [6.45, 7) is 2.16. The first-order chi connectivity index (χ1) is 9.33. The highest BCUT2D eigenvalue weighted by atomic mass is 16.3. The summed E-state index contributed by atoms with van der Waals surface area (Å²) in [5, 5.41) is 4.48. The van der Waals surface area contributed by atoms with Crippen LogP contribution in [0.3, 0.4) is 0 Å². The predicted octanol–water partition coefficient (Wildman–Crippen LogP) is 3.87. The van der Waals surface area contributed by atoms with Crippen LogP contribution >= 0.6 is 0 Å². The van der Waals surface area contributed by atoms with Gasteiger partial charge in [0.05, 0.1) is 11.6 Å². The second-order valence-corrected chi connectivity index (χ2v) is 4.73. The van der Waals surface area contributed by atoms with Crippen LogP contribution in [0.4, 0.5) is 5.82 Å². The number of benzene rings is 1. The summed E-state index contributed by atoms with van der Waals surface area (Å²) in [5.41, 5.74) is 2.19. The van der Waals surface area contributed by atoms with Gasteiger partial charge >= 0.3 is 0 Å². The number of nitrogens with one attached hydrogen (secondary N) is 1. The van der Waals surface area contributed by atoms with Crippen molar-refractivity contribution < 1.29 is 4.42 Å². The minimum absolute atomic E-state index is 0.315. The van der Waals surface area contributed by atoms with Crippen molar-refractivity contribution in [1.29, 1.82) is 0 Å². The van der Waals surface area contributed by atoms with Crippen molar-refractivity contribution in [3.8, 4) is 0 Å². The Hall–Kier alpha value is -2.29. The fourth-order valence-electron chi connectivity index (χ4n) is 2.26. The van der Waals surface area contributed by atoms with Crippen molar-refractivity contribution in [3.63, 3.8) is 0 Å². The molecule has 3 aromatic rings. The largest absolute Gasteiger partial charge is 0.464 e. The number of nitrogens with zero attached hydrogens (tertiary/aromatic N) is 1. The topological polar surface area (TPSA) is 38.1 Å². The third-order valence-corrected chi connectivity index (χ3v) is 3.15. The lowest BCUT2D eigenvalue weighted by Gasteiger charge is -2.15. The average Bonchev–Trinajstić information content (AvgIpc) is 2.89. The Kier molecular flexibility index (Phi) is 3.19. The molecule has 1 N–H and O–H groups in total. The fourth-order valence-corrected chi connectivity index (χ4v) is 2.26. The number of rotatable bonds is 4. The maximum Gasteiger partial charge on any atom is 0.139 e. The van der Waals surface area contributed by atoms with Gasteiger partial charge in [-0.05, 0) is 31.0 Å². The van der Waals surface area contributed by atoms with E-state index in [0.29, 0.717) is 6.04 Å². The Morgan fingerprint density at radius 1 is 1.16 bits per heavy atom.